The van der Waals surface area contributed by atoms with Gasteiger partial charge in [-0.1, -0.05) is 28.7 Å². The lowest BCUT2D eigenvalue weighted by Gasteiger charge is -1.93. The van der Waals surface area contributed by atoms with Crippen molar-refractivity contribution in [1.82, 2.24) is 25.2 Å². The number of nitrogens with zero attached hydrogens (tertiary/aromatic N) is 5. The van der Waals surface area contributed by atoms with E-state index in [1.807, 2.05) is 24.3 Å². The van der Waals surface area contributed by atoms with Crippen molar-refractivity contribution in [3.05, 3.63) is 29.3 Å². The van der Waals surface area contributed by atoms with Crippen LogP contribution in [0, 0.1) is 0 Å². The molecule has 3 aromatic rings. The summed E-state index contributed by atoms with van der Waals surface area (Å²) in [5.41, 5.74) is 7.25. The molecule has 0 amide bonds. The first-order valence-electron chi connectivity index (χ1n) is 4.72. The van der Waals surface area contributed by atoms with Gasteiger partial charge in [-0.05, 0) is 12.1 Å². The number of rotatable bonds is 2. The molecule has 0 saturated heterocycles. The highest BCUT2D eigenvalue weighted by molar-refractivity contribution is 7.13. The fraction of sp³-hybridized carbons (Fsp3) is 0.111. The van der Waals surface area contributed by atoms with Gasteiger partial charge in [-0.2, -0.15) is 4.68 Å². The normalized spacial score (nSPS) is 11.1. The minimum Gasteiger partial charge on any atom is -0.324 e. The van der Waals surface area contributed by atoms with Crippen LogP contribution in [0.2, 0.25) is 0 Å². The van der Waals surface area contributed by atoms with Gasteiger partial charge in [0.1, 0.15) is 10.5 Å². The quantitative estimate of drug-likeness (QED) is 0.704. The molecule has 16 heavy (non-hydrogen) atoms. The predicted molar refractivity (Wildman–Crippen MR) is 60.2 cm³/mol. The molecule has 0 aliphatic heterocycles. The Hall–Kier alpha value is -1.86. The van der Waals surface area contributed by atoms with Gasteiger partial charge in [0.05, 0.1) is 5.52 Å². The topological polar surface area (TPSA) is 82.5 Å². The van der Waals surface area contributed by atoms with Crippen LogP contribution in [0.25, 0.3) is 16.2 Å². The van der Waals surface area contributed by atoms with Gasteiger partial charge in [0.15, 0.2) is 0 Å². The standard InChI is InChI=1S/C9H8N6S/c10-5-8-12-13-9(16-8)15-7-4-2-1-3-6(7)11-14-15/h1-4H,5,10H2. The van der Waals surface area contributed by atoms with E-state index in [0.717, 1.165) is 16.0 Å². The van der Waals surface area contributed by atoms with E-state index in [4.69, 9.17) is 5.73 Å². The Morgan fingerprint density at radius 3 is 2.88 bits per heavy atom. The molecule has 80 valence electrons. The average Bonchev–Trinajstić information content (AvgIpc) is 2.94. The van der Waals surface area contributed by atoms with Gasteiger partial charge < -0.3 is 5.73 Å². The van der Waals surface area contributed by atoms with Crippen molar-refractivity contribution in [2.45, 2.75) is 6.54 Å². The third kappa shape index (κ3) is 1.37. The lowest BCUT2D eigenvalue weighted by atomic mass is 10.3. The van der Waals surface area contributed by atoms with Crippen molar-refractivity contribution >= 4 is 22.4 Å². The molecule has 2 N–H and O–H groups in total. The summed E-state index contributed by atoms with van der Waals surface area (Å²) >= 11 is 1.42. The van der Waals surface area contributed by atoms with Crippen LogP contribution in [0.5, 0.6) is 0 Å². The molecule has 1 aromatic carbocycles. The van der Waals surface area contributed by atoms with E-state index in [-0.39, 0.29) is 0 Å². The minimum absolute atomic E-state index is 0.393. The van der Waals surface area contributed by atoms with Crippen LogP contribution in [-0.2, 0) is 6.54 Å². The van der Waals surface area contributed by atoms with E-state index < -0.39 is 0 Å². The summed E-state index contributed by atoms with van der Waals surface area (Å²) in [5, 5.41) is 17.6. The molecule has 3 rings (SSSR count). The van der Waals surface area contributed by atoms with Crippen LogP contribution in [0.15, 0.2) is 24.3 Å². The predicted octanol–water partition coefficient (Wildman–Crippen LogP) is 0.731. The van der Waals surface area contributed by atoms with Gasteiger partial charge >= 0.3 is 0 Å². The summed E-state index contributed by atoms with van der Waals surface area (Å²) in [6.45, 7) is 0.393. The van der Waals surface area contributed by atoms with Gasteiger partial charge in [0, 0.05) is 6.54 Å². The van der Waals surface area contributed by atoms with Crippen LogP contribution in [0.3, 0.4) is 0 Å². The van der Waals surface area contributed by atoms with Crippen LogP contribution in [0.4, 0.5) is 0 Å². The molecule has 2 heterocycles. The molecule has 0 bridgehead atoms. The number of aromatic nitrogens is 5. The maximum absolute atomic E-state index is 5.49. The number of para-hydroxylation sites is 1. The van der Waals surface area contributed by atoms with Crippen LogP contribution >= 0.6 is 11.3 Å². The molecule has 0 fully saturated rings. The number of fused-ring (bicyclic) bond motifs is 1. The van der Waals surface area contributed by atoms with E-state index in [9.17, 15) is 0 Å². The zero-order valence-corrected chi connectivity index (χ0v) is 9.05. The van der Waals surface area contributed by atoms with E-state index in [0.29, 0.717) is 11.7 Å². The van der Waals surface area contributed by atoms with E-state index >= 15 is 0 Å². The smallest absolute Gasteiger partial charge is 0.234 e. The molecule has 0 spiro atoms. The molecular weight excluding hydrogens is 224 g/mol. The summed E-state index contributed by atoms with van der Waals surface area (Å²) in [4.78, 5) is 0. The average molecular weight is 232 g/mol. The first-order valence-corrected chi connectivity index (χ1v) is 5.53. The van der Waals surface area contributed by atoms with Crippen LogP contribution in [-0.4, -0.2) is 25.2 Å². The Morgan fingerprint density at radius 2 is 2.06 bits per heavy atom. The van der Waals surface area contributed by atoms with Crippen molar-refractivity contribution in [2.75, 3.05) is 0 Å². The van der Waals surface area contributed by atoms with Crippen molar-refractivity contribution in [1.29, 1.82) is 0 Å². The minimum atomic E-state index is 0.393. The molecular formula is C9H8N6S. The molecule has 0 radical (unpaired) electrons. The fourth-order valence-corrected chi connectivity index (χ4v) is 2.10. The second-order valence-corrected chi connectivity index (χ2v) is 4.21. The maximum Gasteiger partial charge on any atom is 0.234 e. The number of benzene rings is 1. The molecule has 0 aliphatic carbocycles. The largest absolute Gasteiger partial charge is 0.324 e. The van der Waals surface area contributed by atoms with Crippen molar-refractivity contribution < 1.29 is 0 Å². The third-order valence-electron chi connectivity index (χ3n) is 2.16. The molecule has 7 heteroatoms. The summed E-state index contributed by atoms with van der Waals surface area (Å²) in [5.74, 6) is 0. The van der Waals surface area contributed by atoms with Gasteiger partial charge in [0.2, 0.25) is 5.13 Å². The molecule has 0 aliphatic rings. The van der Waals surface area contributed by atoms with Crippen molar-refractivity contribution in [2.24, 2.45) is 5.73 Å². The maximum atomic E-state index is 5.49. The Bertz CT molecular complexity index is 628. The van der Waals surface area contributed by atoms with E-state index in [1.54, 1.807) is 4.68 Å². The third-order valence-corrected chi connectivity index (χ3v) is 3.08. The lowest BCUT2D eigenvalue weighted by Crippen LogP contribution is -1.95. The number of hydrogen-bond donors (Lipinski definition) is 1. The second kappa shape index (κ2) is 3.62. The summed E-state index contributed by atoms with van der Waals surface area (Å²) in [7, 11) is 0. The first-order chi connectivity index (χ1) is 7.88. The van der Waals surface area contributed by atoms with Gasteiger partial charge in [0.25, 0.3) is 0 Å². The van der Waals surface area contributed by atoms with E-state index in [2.05, 4.69) is 20.5 Å². The van der Waals surface area contributed by atoms with Crippen LogP contribution < -0.4 is 5.73 Å². The van der Waals surface area contributed by atoms with Gasteiger partial charge in [-0.3, -0.25) is 0 Å². The first kappa shape index (κ1) is 9.37. The van der Waals surface area contributed by atoms with Crippen molar-refractivity contribution in [3.8, 4) is 5.13 Å². The van der Waals surface area contributed by atoms with Crippen LogP contribution in [0.1, 0.15) is 5.01 Å². The molecule has 0 unspecified atom stereocenters. The SMILES string of the molecule is NCc1nnc(-n2nnc3ccccc32)s1. The number of hydrogen-bond acceptors (Lipinski definition) is 6. The highest BCUT2D eigenvalue weighted by Gasteiger charge is 2.10. The monoisotopic (exact) mass is 232 g/mol. The van der Waals surface area contributed by atoms with Crippen molar-refractivity contribution in [3.63, 3.8) is 0 Å². The lowest BCUT2D eigenvalue weighted by molar-refractivity contribution is 0.800. The molecule has 0 atom stereocenters. The highest BCUT2D eigenvalue weighted by atomic mass is 32.1. The Morgan fingerprint density at radius 1 is 1.19 bits per heavy atom. The summed E-state index contributed by atoms with van der Waals surface area (Å²) in [6, 6.07) is 7.71. The molecule has 6 nitrogen and oxygen atoms in total. The highest BCUT2D eigenvalue weighted by Crippen LogP contribution is 2.18. The zero-order chi connectivity index (χ0) is 11.0. The Kier molecular flexibility index (Phi) is 2.12. The second-order valence-electron chi connectivity index (χ2n) is 3.17. The van der Waals surface area contributed by atoms with E-state index in [1.165, 1.54) is 11.3 Å². The van der Waals surface area contributed by atoms with Gasteiger partial charge in [-0.25, -0.2) is 0 Å². The fourth-order valence-electron chi connectivity index (χ4n) is 1.42. The summed E-state index contributed by atoms with van der Waals surface area (Å²) < 4.78 is 1.67. The summed E-state index contributed by atoms with van der Waals surface area (Å²) in [6.07, 6.45) is 0. The molecule has 0 saturated carbocycles. The Balaban J connectivity index is 2.18. The molecule has 2 aromatic heterocycles. The number of nitrogens with two attached hydrogens (primary N) is 1. The zero-order valence-electron chi connectivity index (χ0n) is 8.24. The van der Waals surface area contributed by atoms with Gasteiger partial charge in [-0.15, -0.1) is 15.3 Å². The Labute approximate surface area is 94.7 Å².